The fourth-order valence-corrected chi connectivity index (χ4v) is 12.9. The number of hydrogen-bond acceptors (Lipinski definition) is 4. The summed E-state index contributed by atoms with van der Waals surface area (Å²) in [5, 5.41) is 11.2. The SMILES string of the molecule is c1ccc(-n2c3ccccc3c3c(-c4nc(-c5ccc(-n6c7ccccc7c7cc8ccccc8cc76)c(-c6cccc7oc8ccccc8c67)c5)nc(-c5cccc6c5c5ccccc5n6-c5ccccc5)n4)cccc32)cc1. The molecule has 0 aliphatic carbocycles. The predicted octanol–water partition coefficient (Wildman–Crippen LogP) is 18.9. The Morgan fingerprint density at radius 1 is 0.263 bits per heavy atom. The molecule has 17 aromatic rings. The summed E-state index contributed by atoms with van der Waals surface area (Å²) in [6.45, 7) is 0. The van der Waals surface area contributed by atoms with Gasteiger partial charge in [-0.25, -0.2) is 15.0 Å². The minimum absolute atomic E-state index is 0.558. The van der Waals surface area contributed by atoms with Gasteiger partial charge in [-0.15, -0.1) is 0 Å². The third-order valence-corrected chi connectivity index (χ3v) is 16.3. The van der Waals surface area contributed by atoms with Crippen molar-refractivity contribution in [3.05, 3.63) is 267 Å². The van der Waals surface area contributed by atoms with Crippen molar-refractivity contribution in [3.63, 3.8) is 0 Å². The number of hydrogen-bond donors (Lipinski definition) is 0. The summed E-state index contributed by atoms with van der Waals surface area (Å²) in [7, 11) is 0. The number of para-hydroxylation sites is 6. The Bertz CT molecular complexity index is 5200. The molecule has 0 saturated carbocycles. The first-order chi connectivity index (χ1) is 39.7. The van der Waals surface area contributed by atoms with E-state index in [4.69, 9.17) is 19.4 Å². The summed E-state index contributed by atoms with van der Waals surface area (Å²) in [5.74, 6) is 1.72. The summed E-state index contributed by atoms with van der Waals surface area (Å²) in [4.78, 5) is 16.9. The molecule has 7 heteroatoms. The molecule has 17 rings (SSSR count). The molecule has 0 radical (unpaired) electrons. The molecule has 0 amide bonds. The van der Waals surface area contributed by atoms with Crippen molar-refractivity contribution in [2.75, 3.05) is 0 Å². The van der Waals surface area contributed by atoms with E-state index < -0.39 is 0 Å². The Labute approximate surface area is 458 Å². The normalized spacial score (nSPS) is 12.0. The number of fused-ring (bicyclic) bond motifs is 13. The lowest BCUT2D eigenvalue weighted by Crippen LogP contribution is -2.02. The zero-order chi connectivity index (χ0) is 52.4. The Morgan fingerprint density at radius 2 is 0.738 bits per heavy atom. The molecule has 80 heavy (non-hydrogen) atoms. The molecule has 5 aromatic heterocycles. The fraction of sp³-hybridized carbons (Fsp3) is 0. The lowest BCUT2D eigenvalue weighted by molar-refractivity contribution is 0.669. The quantitative estimate of drug-likeness (QED) is 0.160. The number of furan rings is 1. The van der Waals surface area contributed by atoms with Gasteiger partial charge in [0, 0.05) is 76.7 Å². The van der Waals surface area contributed by atoms with Crippen LogP contribution in [0.2, 0.25) is 0 Å². The lowest BCUT2D eigenvalue weighted by atomic mass is 9.95. The van der Waals surface area contributed by atoms with Crippen molar-refractivity contribution in [2.24, 2.45) is 0 Å². The van der Waals surface area contributed by atoms with Gasteiger partial charge in [0.15, 0.2) is 17.5 Å². The summed E-state index contributed by atoms with van der Waals surface area (Å²) in [6.07, 6.45) is 0. The molecule has 0 atom stereocenters. The van der Waals surface area contributed by atoms with Crippen LogP contribution in [0.5, 0.6) is 0 Å². The molecule has 5 heterocycles. The molecule has 372 valence electrons. The third kappa shape index (κ3) is 6.58. The van der Waals surface area contributed by atoms with Gasteiger partial charge in [-0.3, -0.25) is 0 Å². The van der Waals surface area contributed by atoms with Gasteiger partial charge in [-0.1, -0.05) is 170 Å². The van der Waals surface area contributed by atoms with Crippen LogP contribution in [0.4, 0.5) is 0 Å². The highest BCUT2D eigenvalue weighted by Crippen LogP contribution is 2.45. The van der Waals surface area contributed by atoms with E-state index in [9.17, 15) is 0 Å². The van der Waals surface area contributed by atoms with E-state index in [1.807, 2.05) is 6.07 Å². The van der Waals surface area contributed by atoms with Gasteiger partial charge < -0.3 is 18.1 Å². The van der Waals surface area contributed by atoms with Gasteiger partial charge in [0.2, 0.25) is 0 Å². The minimum Gasteiger partial charge on any atom is -0.456 e. The minimum atomic E-state index is 0.558. The second kappa shape index (κ2) is 17.3. The zero-order valence-electron chi connectivity index (χ0n) is 43.0. The smallest absolute Gasteiger partial charge is 0.164 e. The van der Waals surface area contributed by atoms with Gasteiger partial charge >= 0.3 is 0 Å². The van der Waals surface area contributed by atoms with Gasteiger partial charge in [0.25, 0.3) is 0 Å². The topological polar surface area (TPSA) is 66.6 Å². The number of nitrogens with zero attached hydrogens (tertiary/aromatic N) is 6. The molecule has 0 aliphatic rings. The standard InChI is InChI=1S/C73H44N6O/c1-3-22-48(23-4-1)77-60-34-14-10-27-52(60)68-55(31-17-36-63(68)77)72-74-71(75-73(76-72)56-32-18-37-64-69(56)53-28-11-15-35-61(53)78(64)49-24-5-2-6-25-49)47-40-41-62(58(43-47)51-30-19-39-67-70(51)54-29-12-16-38-66(54)80-67)79-59-33-13-9-26-50(59)57-42-45-20-7-8-21-46(45)44-65(57)79/h1-44H. The molecule has 0 aliphatic heterocycles. The van der Waals surface area contributed by atoms with Gasteiger partial charge in [-0.2, -0.15) is 0 Å². The van der Waals surface area contributed by atoms with Crippen molar-refractivity contribution in [1.29, 1.82) is 0 Å². The molecule has 0 unspecified atom stereocenters. The Balaban J connectivity index is 0.978. The maximum atomic E-state index is 6.63. The lowest BCUT2D eigenvalue weighted by Gasteiger charge is -2.17. The molecule has 0 saturated heterocycles. The van der Waals surface area contributed by atoms with Crippen LogP contribution in [0.3, 0.4) is 0 Å². The molecule has 0 spiro atoms. The van der Waals surface area contributed by atoms with Crippen LogP contribution in [-0.2, 0) is 0 Å². The molecule has 7 nitrogen and oxygen atoms in total. The van der Waals surface area contributed by atoms with Crippen LogP contribution in [0.15, 0.2) is 271 Å². The number of rotatable bonds is 7. The van der Waals surface area contributed by atoms with Gasteiger partial charge in [0.05, 0.1) is 38.8 Å². The predicted molar refractivity (Wildman–Crippen MR) is 329 cm³/mol. The van der Waals surface area contributed by atoms with Gasteiger partial charge in [0.1, 0.15) is 11.2 Å². The highest BCUT2D eigenvalue weighted by atomic mass is 16.3. The van der Waals surface area contributed by atoms with E-state index in [0.29, 0.717) is 17.5 Å². The second-order valence-corrected chi connectivity index (χ2v) is 20.7. The average molecular weight is 1020 g/mol. The van der Waals surface area contributed by atoms with Crippen LogP contribution in [-0.4, -0.2) is 28.7 Å². The number of aromatic nitrogens is 6. The molecule has 0 N–H and O–H groups in total. The molecular formula is C73H44N6O. The molecule has 12 aromatic carbocycles. The maximum absolute atomic E-state index is 6.63. The monoisotopic (exact) mass is 1020 g/mol. The summed E-state index contributed by atoms with van der Waals surface area (Å²) < 4.78 is 13.8. The van der Waals surface area contributed by atoms with E-state index >= 15 is 0 Å². The fourth-order valence-electron chi connectivity index (χ4n) is 12.9. The summed E-state index contributed by atoms with van der Waals surface area (Å²) >= 11 is 0. The Kier molecular flexibility index (Phi) is 9.58. The van der Waals surface area contributed by atoms with Crippen LogP contribution in [0.1, 0.15) is 0 Å². The third-order valence-electron chi connectivity index (χ3n) is 16.3. The van der Waals surface area contributed by atoms with Crippen LogP contribution in [0, 0.1) is 0 Å². The van der Waals surface area contributed by atoms with Crippen molar-refractivity contribution in [2.45, 2.75) is 0 Å². The Hall–Kier alpha value is -10.9. The maximum Gasteiger partial charge on any atom is 0.164 e. The van der Waals surface area contributed by atoms with Crippen LogP contribution >= 0.6 is 0 Å². The van der Waals surface area contributed by atoms with Crippen molar-refractivity contribution < 1.29 is 4.42 Å². The molecular weight excluding hydrogens is 977 g/mol. The Morgan fingerprint density at radius 3 is 1.38 bits per heavy atom. The average Bonchev–Trinajstić information content (AvgIpc) is 4.38. The molecule has 0 fully saturated rings. The van der Waals surface area contributed by atoms with Crippen molar-refractivity contribution >= 4 is 98.1 Å². The van der Waals surface area contributed by atoms with Crippen LogP contribution < -0.4 is 0 Å². The van der Waals surface area contributed by atoms with E-state index in [1.54, 1.807) is 0 Å². The highest BCUT2D eigenvalue weighted by Gasteiger charge is 2.25. The highest BCUT2D eigenvalue weighted by molar-refractivity contribution is 6.19. The number of benzene rings is 12. The zero-order valence-corrected chi connectivity index (χ0v) is 43.0. The van der Waals surface area contributed by atoms with Crippen LogP contribution in [0.25, 0.3) is 160 Å². The van der Waals surface area contributed by atoms with E-state index in [2.05, 4.69) is 275 Å². The van der Waals surface area contributed by atoms with Crippen molar-refractivity contribution in [3.8, 4) is 62.4 Å². The largest absolute Gasteiger partial charge is 0.456 e. The first kappa shape index (κ1) is 44.3. The first-order valence-corrected chi connectivity index (χ1v) is 27.1. The summed E-state index contributed by atoms with van der Waals surface area (Å²) in [5.41, 5.74) is 16.2. The van der Waals surface area contributed by atoms with Gasteiger partial charge in [-0.05, 0) is 113 Å². The summed E-state index contributed by atoms with van der Waals surface area (Å²) in [6, 6.07) is 95.0. The molecule has 0 bridgehead atoms. The van der Waals surface area contributed by atoms with E-state index in [1.165, 1.54) is 21.5 Å². The van der Waals surface area contributed by atoms with Crippen molar-refractivity contribution in [1.82, 2.24) is 28.7 Å². The van der Waals surface area contributed by atoms with E-state index in [0.717, 1.165) is 121 Å². The first-order valence-electron chi connectivity index (χ1n) is 27.1. The second-order valence-electron chi connectivity index (χ2n) is 20.7. The van der Waals surface area contributed by atoms with E-state index in [-0.39, 0.29) is 0 Å².